The van der Waals surface area contributed by atoms with Gasteiger partial charge < -0.3 is 19.7 Å². The van der Waals surface area contributed by atoms with Crippen LogP contribution >= 0.6 is 0 Å². The molecule has 0 aliphatic rings. The summed E-state index contributed by atoms with van der Waals surface area (Å²) in [6.45, 7) is 5.57. The topological polar surface area (TPSA) is 70.5 Å². The van der Waals surface area contributed by atoms with Gasteiger partial charge in [-0.3, -0.25) is 0 Å². The number of benzene rings is 1. The van der Waals surface area contributed by atoms with Gasteiger partial charge >= 0.3 is 0 Å². The molecule has 0 unspecified atom stereocenters. The minimum absolute atomic E-state index is 0.367. The van der Waals surface area contributed by atoms with Gasteiger partial charge in [0.1, 0.15) is 29.6 Å². The summed E-state index contributed by atoms with van der Waals surface area (Å²) in [6, 6.07) is 7.72. The van der Waals surface area contributed by atoms with Gasteiger partial charge in [-0.2, -0.15) is 0 Å². The van der Waals surface area contributed by atoms with Crippen molar-refractivity contribution in [1.82, 2.24) is 5.16 Å². The van der Waals surface area contributed by atoms with E-state index in [2.05, 4.69) is 12.1 Å². The van der Waals surface area contributed by atoms with E-state index < -0.39 is 0 Å². The monoisotopic (exact) mass is 290 g/mol. The second-order valence-electron chi connectivity index (χ2n) is 4.87. The van der Waals surface area contributed by atoms with E-state index in [0.29, 0.717) is 19.8 Å². The first-order chi connectivity index (χ1) is 10.2. The zero-order valence-electron chi connectivity index (χ0n) is 12.6. The van der Waals surface area contributed by atoms with Gasteiger partial charge in [-0.05, 0) is 37.9 Å². The third-order valence-electron chi connectivity index (χ3n) is 2.98. The van der Waals surface area contributed by atoms with Gasteiger partial charge in [-0.1, -0.05) is 18.1 Å². The molecule has 5 nitrogen and oxygen atoms in total. The summed E-state index contributed by atoms with van der Waals surface area (Å²) >= 11 is 0. The van der Waals surface area contributed by atoms with Crippen LogP contribution < -0.4 is 15.2 Å². The lowest BCUT2D eigenvalue weighted by molar-refractivity contribution is 0.279. The van der Waals surface area contributed by atoms with Crippen LogP contribution in [0.25, 0.3) is 0 Å². The fourth-order valence-corrected chi connectivity index (χ4v) is 1.98. The summed E-state index contributed by atoms with van der Waals surface area (Å²) in [4.78, 5) is 0. The Balaban J connectivity index is 2.09. The Morgan fingerprint density at radius 1 is 1.24 bits per heavy atom. The van der Waals surface area contributed by atoms with Crippen LogP contribution in [0.2, 0.25) is 0 Å². The number of rotatable bonds is 8. The number of ether oxygens (including phenoxy) is 2. The number of nitrogens with zero attached hydrogens (tertiary/aromatic N) is 1. The largest absolute Gasteiger partial charge is 0.493 e. The molecule has 2 rings (SSSR count). The van der Waals surface area contributed by atoms with Crippen molar-refractivity contribution < 1.29 is 14.0 Å². The standard InChI is InChI=1S/C16H22N2O3/c1-3-8-19-15-5-4-13(6-7-17)16(10-15)20-11-14-9-12(2)21-18-14/h4-5,9-10H,3,6-8,11,17H2,1-2H3. The van der Waals surface area contributed by atoms with Crippen molar-refractivity contribution in [3.05, 3.63) is 41.3 Å². The number of aryl methyl sites for hydroxylation is 1. The van der Waals surface area contributed by atoms with Crippen molar-refractivity contribution in [2.45, 2.75) is 33.3 Å². The molecule has 0 atom stereocenters. The van der Waals surface area contributed by atoms with E-state index in [1.54, 1.807) is 0 Å². The number of aromatic nitrogens is 1. The predicted octanol–water partition coefficient (Wildman–Crippen LogP) is 2.85. The molecular weight excluding hydrogens is 268 g/mol. The van der Waals surface area contributed by atoms with Gasteiger partial charge in [0.2, 0.25) is 0 Å². The molecule has 0 aliphatic carbocycles. The smallest absolute Gasteiger partial charge is 0.134 e. The van der Waals surface area contributed by atoms with Crippen molar-refractivity contribution in [2.75, 3.05) is 13.2 Å². The van der Waals surface area contributed by atoms with Crippen molar-refractivity contribution >= 4 is 0 Å². The van der Waals surface area contributed by atoms with E-state index in [9.17, 15) is 0 Å². The highest BCUT2D eigenvalue weighted by atomic mass is 16.5. The fourth-order valence-electron chi connectivity index (χ4n) is 1.98. The first-order valence-corrected chi connectivity index (χ1v) is 7.23. The Morgan fingerprint density at radius 3 is 2.76 bits per heavy atom. The zero-order valence-corrected chi connectivity index (χ0v) is 12.6. The molecular formula is C16H22N2O3. The molecule has 21 heavy (non-hydrogen) atoms. The Bertz CT molecular complexity index is 566. The van der Waals surface area contributed by atoms with E-state index in [0.717, 1.165) is 41.4 Å². The van der Waals surface area contributed by atoms with E-state index in [4.69, 9.17) is 19.7 Å². The number of hydrogen-bond acceptors (Lipinski definition) is 5. The molecule has 0 fully saturated rings. The minimum atomic E-state index is 0.367. The maximum atomic E-state index is 5.85. The first-order valence-electron chi connectivity index (χ1n) is 7.23. The quantitative estimate of drug-likeness (QED) is 0.809. The lowest BCUT2D eigenvalue weighted by atomic mass is 10.1. The molecule has 5 heteroatoms. The Labute approximate surface area is 125 Å². The van der Waals surface area contributed by atoms with Gasteiger partial charge in [-0.25, -0.2) is 0 Å². The van der Waals surface area contributed by atoms with Gasteiger partial charge in [0, 0.05) is 12.1 Å². The van der Waals surface area contributed by atoms with E-state index in [1.807, 2.05) is 31.2 Å². The van der Waals surface area contributed by atoms with Crippen molar-refractivity contribution in [2.24, 2.45) is 5.73 Å². The van der Waals surface area contributed by atoms with Gasteiger partial charge in [-0.15, -0.1) is 0 Å². The van der Waals surface area contributed by atoms with Crippen molar-refractivity contribution in [1.29, 1.82) is 0 Å². The lowest BCUT2D eigenvalue weighted by Crippen LogP contribution is -2.06. The maximum absolute atomic E-state index is 5.85. The van der Waals surface area contributed by atoms with Gasteiger partial charge in [0.25, 0.3) is 0 Å². The Kier molecular flexibility index (Phi) is 5.63. The zero-order chi connectivity index (χ0) is 15.1. The summed E-state index contributed by atoms with van der Waals surface area (Å²) in [5, 5.41) is 3.92. The molecule has 0 saturated carbocycles. The van der Waals surface area contributed by atoms with Crippen LogP contribution in [0.5, 0.6) is 11.5 Å². The maximum Gasteiger partial charge on any atom is 0.134 e. The molecule has 0 radical (unpaired) electrons. The van der Waals surface area contributed by atoms with Crippen LogP contribution in [0, 0.1) is 6.92 Å². The van der Waals surface area contributed by atoms with E-state index >= 15 is 0 Å². The minimum Gasteiger partial charge on any atom is -0.493 e. The normalized spacial score (nSPS) is 10.6. The molecule has 0 aliphatic heterocycles. The third kappa shape index (κ3) is 4.49. The van der Waals surface area contributed by atoms with Crippen molar-refractivity contribution in [3.63, 3.8) is 0 Å². The average Bonchev–Trinajstić information content (AvgIpc) is 2.90. The summed E-state index contributed by atoms with van der Waals surface area (Å²) in [5.74, 6) is 2.37. The molecule has 1 aromatic heterocycles. The fraction of sp³-hybridized carbons (Fsp3) is 0.438. The van der Waals surface area contributed by atoms with Crippen LogP contribution in [-0.4, -0.2) is 18.3 Å². The lowest BCUT2D eigenvalue weighted by Gasteiger charge is -2.12. The summed E-state index contributed by atoms with van der Waals surface area (Å²) in [6.07, 6.45) is 1.74. The van der Waals surface area contributed by atoms with Gasteiger partial charge in [0.05, 0.1) is 6.61 Å². The highest BCUT2D eigenvalue weighted by Gasteiger charge is 2.08. The van der Waals surface area contributed by atoms with Crippen LogP contribution in [-0.2, 0) is 13.0 Å². The summed E-state index contributed by atoms with van der Waals surface area (Å²) in [5.41, 5.74) is 7.48. The third-order valence-corrected chi connectivity index (χ3v) is 2.98. The Morgan fingerprint density at radius 2 is 2.10 bits per heavy atom. The summed E-state index contributed by atoms with van der Waals surface area (Å²) in [7, 11) is 0. The number of hydrogen-bond donors (Lipinski definition) is 1. The van der Waals surface area contributed by atoms with Crippen LogP contribution in [0.4, 0.5) is 0 Å². The Hall–Kier alpha value is -2.01. The number of nitrogens with two attached hydrogens (primary N) is 1. The van der Waals surface area contributed by atoms with Crippen LogP contribution in [0.3, 0.4) is 0 Å². The molecule has 2 N–H and O–H groups in total. The SMILES string of the molecule is CCCOc1ccc(CCN)c(OCc2cc(C)on2)c1. The molecule has 1 aromatic carbocycles. The second kappa shape index (κ2) is 7.69. The summed E-state index contributed by atoms with van der Waals surface area (Å²) < 4.78 is 16.5. The molecule has 114 valence electrons. The van der Waals surface area contributed by atoms with Gasteiger partial charge in [0.15, 0.2) is 0 Å². The van der Waals surface area contributed by atoms with Crippen LogP contribution in [0.1, 0.15) is 30.4 Å². The average molecular weight is 290 g/mol. The van der Waals surface area contributed by atoms with E-state index in [-0.39, 0.29) is 0 Å². The molecule has 0 bridgehead atoms. The first kappa shape index (κ1) is 15.4. The second-order valence-corrected chi connectivity index (χ2v) is 4.87. The highest BCUT2D eigenvalue weighted by Crippen LogP contribution is 2.26. The molecule has 0 saturated heterocycles. The molecule has 0 spiro atoms. The van der Waals surface area contributed by atoms with Crippen molar-refractivity contribution in [3.8, 4) is 11.5 Å². The molecule has 0 amide bonds. The van der Waals surface area contributed by atoms with Crippen LogP contribution in [0.15, 0.2) is 28.8 Å². The highest BCUT2D eigenvalue weighted by molar-refractivity contribution is 5.41. The van der Waals surface area contributed by atoms with E-state index in [1.165, 1.54) is 0 Å². The molecule has 1 heterocycles. The predicted molar refractivity (Wildman–Crippen MR) is 80.6 cm³/mol. The molecule has 2 aromatic rings.